The second-order valence-electron chi connectivity index (χ2n) is 11.8. The molecule has 1 aliphatic carbocycles. The fourth-order valence-corrected chi connectivity index (χ4v) is 6.08. The lowest BCUT2D eigenvalue weighted by atomic mass is 9.73. The Morgan fingerprint density at radius 3 is 2.47 bits per heavy atom. The molecule has 4 unspecified atom stereocenters. The number of hydrogen-bond acceptors (Lipinski definition) is 3. The van der Waals surface area contributed by atoms with Crippen LogP contribution in [0.25, 0.3) is 0 Å². The summed E-state index contributed by atoms with van der Waals surface area (Å²) >= 11 is 0. The second kappa shape index (κ2) is 14.2. The molecule has 0 bridgehead atoms. The zero-order valence-electron chi connectivity index (χ0n) is 23.2. The number of hydrogen-bond donors (Lipinski definition) is 2. The monoisotopic (exact) mass is 494 g/mol. The molecule has 36 heavy (non-hydrogen) atoms. The largest absolute Gasteiger partial charge is 0.489 e. The topological polar surface area (TPSA) is 49.7 Å². The predicted molar refractivity (Wildman–Crippen MR) is 151 cm³/mol. The molecular formula is C33H50O3. The number of benzene rings is 2. The Morgan fingerprint density at radius 1 is 0.972 bits per heavy atom. The Hall–Kier alpha value is -1.84. The van der Waals surface area contributed by atoms with Gasteiger partial charge in [-0.25, -0.2) is 0 Å². The molecule has 0 aromatic heterocycles. The van der Waals surface area contributed by atoms with Crippen molar-refractivity contribution in [3.05, 3.63) is 65.2 Å². The molecule has 1 fully saturated rings. The van der Waals surface area contributed by atoms with E-state index in [1.807, 2.05) is 6.07 Å². The number of rotatable bonds is 13. The van der Waals surface area contributed by atoms with Gasteiger partial charge in [-0.15, -0.1) is 0 Å². The maximum absolute atomic E-state index is 10.8. The van der Waals surface area contributed by atoms with Gasteiger partial charge in [0, 0.05) is 6.61 Å². The van der Waals surface area contributed by atoms with Gasteiger partial charge in [0.2, 0.25) is 0 Å². The number of ether oxygens (including phenoxy) is 1. The highest BCUT2D eigenvalue weighted by Gasteiger charge is 2.35. The minimum Gasteiger partial charge on any atom is -0.489 e. The van der Waals surface area contributed by atoms with Crippen LogP contribution in [0.2, 0.25) is 0 Å². The third-order valence-electron chi connectivity index (χ3n) is 8.51. The van der Waals surface area contributed by atoms with Crippen molar-refractivity contribution in [3.8, 4) is 5.75 Å². The molecule has 0 spiro atoms. The molecule has 0 aliphatic heterocycles. The molecule has 200 valence electrons. The summed E-state index contributed by atoms with van der Waals surface area (Å²) in [6.07, 6.45) is 10.4. The van der Waals surface area contributed by atoms with Crippen LogP contribution in [-0.2, 0) is 12.0 Å². The van der Waals surface area contributed by atoms with Crippen molar-refractivity contribution in [2.45, 2.75) is 116 Å². The van der Waals surface area contributed by atoms with Crippen molar-refractivity contribution in [1.82, 2.24) is 0 Å². The summed E-state index contributed by atoms with van der Waals surface area (Å²) in [4.78, 5) is 0. The first-order valence-corrected chi connectivity index (χ1v) is 14.5. The van der Waals surface area contributed by atoms with E-state index in [0.717, 1.165) is 37.9 Å². The van der Waals surface area contributed by atoms with E-state index in [2.05, 4.69) is 70.2 Å². The Kier molecular flexibility index (Phi) is 11.3. The van der Waals surface area contributed by atoms with Crippen LogP contribution in [0.4, 0.5) is 0 Å². The lowest BCUT2D eigenvalue weighted by Crippen LogP contribution is -2.22. The molecule has 4 atom stereocenters. The summed E-state index contributed by atoms with van der Waals surface area (Å²) < 4.78 is 6.59. The normalized spacial score (nSPS) is 22.8. The molecular weight excluding hydrogens is 444 g/mol. The second-order valence-corrected chi connectivity index (χ2v) is 11.8. The SMILES string of the molecule is CCCCCCC(C)(C)c1ccc(C2CC(O)CCC(C)C2CCCO)c(OCc2ccccc2)c1. The third kappa shape index (κ3) is 8.08. The van der Waals surface area contributed by atoms with Crippen molar-refractivity contribution in [1.29, 1.82) is 0 Å². The lowest BCUT2D eigenvalue weighted by molar-refractivity contribution is 0.146. The zero-order chi connectivity index (χ0) is 26.0. The Bertz CT molecular complexity index is 891. The summed E-state index contributed by atoms with van der Waals surface area (Å²) in [6.45, 7) is 10.1. The van der Waals surface area contributed by atoms with Gasteiger partial charge in [0.05, 0.1) is 6.10 Å². The van der Waals surface area contributed by atoms with E-state index < -0.39 is 0 Å². The highest BCUT2D eigenvalue weighted by molar-refractivity contribution is 5.43. The number of unbranched alkanes of at least 4 members (excludes halogenated alkanes) is 3. The molecule has 2 aromatic rings. The lowest BCUT2D eigenvalue weighted by Gasteiger charge is -2.33. The Balaban J connectivity index is 1.95. The van der Waals surface area contributed by atoms with E-state index in [1.54, 1.807) is 0 Å². The van der Waals surface area contributed by atoms with Crippen LogP contribution in [0.3, 0.4) is 0 Å². The van der Waals surface area contributed by atoms with Crippen LogP contribution >= 0.6 is 0 Å². The van der Waals surface area contributed by atoms with Gasteiger partial charge in [0.15, 0.2) is 0 Å². The third-order valence-corrected chi connectivity index (χ3v) is 8.51. The summed E-state index contributed by atoms with van der Waals surface area (Å²) in [5, 5.41) is 20.4. The van der Waals surface area contributed by atoms with Gasteiger partial charge in [-0.3, -0.25) is 0 Å². The first kappa shape index (κ1) is 28.7. The first-order chi connectivity index (χ1) is 17.4. The molecule has 0 amide bonds. The molecule has 2 N–H and O–H groups in total. The molecule has 0 heterocycles. The summed E-state index contributed by atoms with van der Waals surface area (Å²) in [7, 11) is 0. The average molecular weight is 495 g/mol. The van der Waals surface area contributed by atoms with Gasteiger partial charge in [-0.05, 0) is 84.5 Å². The Morgan fingerprint density at radius 2 is 1.75 bits per heavy atom. The van der Waals surface area contributed by atoms with Crippen LogP contribution in [0.5, 0.6) is 5.75 Å². The fraction of sp³-hybridized carbons (Fsp3) is 0.636. The minimum absolute atomic E-state index is 0.0870. The van der Waals surface area contributed by atoms with Gasteiger partial charge >= 0.3 is 0 Å². The van der Waals surface area contributed by atoms with Crippen molar-refractivity contribution in [2.24, 2.45) is 11.8 Å². The summed E-state index contributed by atoms with van der Waals surface area (Å²) in [6, 6.07) is 17.3. The molecule has 1 saturated carbocycles. The zero-order valence-corrected chi connectivity index (χ0v) is 23.2. The first-order valence-electron chi connectivity index (χ1n) is 14.5. The maximum atomic E-state index is 10.8. The summed E-state index contributed by atoms with van der Waals surface area (Å²) in [5.74, 6) is 2.14. The number of aliphatic hydroxyl groups is 2. The van der Waals surface area contributed by atoms with E-state index in [4.69, 9.17) is 4.74 Å². The molecule has 0 radical (unpaired) electrons. The molecule has 1 aliphatic rings. The van der Waals surface area contributed by atoms with E-state index in [0.29, 0.717) is 18.4 Å². The van der Waals surface area contributed by atoms with Gasteiger partial charge in [-0.1, -0.05) is 95.8 Å². The van der Waals surface area contributed by atoms with Crippen molar-refractivity contribution in [3.63, 3.8) is 0 Å². The smallest absolute Gasteiger partial charge is 0.123 e. The highest BCUT2D eigenvalue weighted by Crippen LogP contribution is 2.46. The van der Waals surface area contributed by atoms with Crippen LogP contribution < -0.4 is 4.74 Å². The van der Waals surface area contributed by atoms with Crippen LogP contribution in [0.15, 0.2) is 48.5 Å². The summed E-state index contributed by atoms with van der Waals surface area (Å²) in [5.41, 5.74) is 3.81. The molecule has 3 nitrogen and oxygen atoms in total. The minimum atomic E-state index is -0.284. The maximum Gasteiger partial charge on any atom is 0.123 e. The van der Waals surface area contributed by atoms with E-state index in [1.165, 1.54) is 48.8 Å². The van der Waals surface area contributed by atoms with E-state index in [-0.39, 0.29) is 24.0 Å². The quantitative estimate of drug-likeness (QED) is 0.218. The van der Waals surface area contributed by atoms with Gasteiger partial charge in [0.1, 0.15) is 12.4 Å². The number of aliphatic hydroxyl groups excluding tert-OH is 2. The fourth-order valence-electron chi connectivity index (χ4n) is 6.08. The van der Waals surface area contributed by atoms with E-state index >= 15 is 0 Å². The van der Waals surface area contributed by atoms with Gasteiger partial charge in [0.25, 0.3) is 0 Å². The molecule has 0 saturated heterocycles. The van der Waals surface area contributed by atoms with Gasteiger partial charge in [-0.2, -0.15) is 0 Å². The van der Waals surface area contributed by atoms with E-state index in [9.17, 15) is 10.2 Å². The van der Waals surface area contributed by atoms with Crippen molar-refractivity contribution < 1.29 is 14.9 Å². The molecule has 2 aromatic carbocycles. The highest BCUT2D eigenvalue weighted by atomic mass is 16.5. The molecule has 3 heteroatoms. The Labute approximate surface area is 220 Å². The van der Waals surface area contributed by atoms with Crippen LogP contribution in [0.1, 0.15) is 115 Å². The van der Waals surface area contributed by atoms with Crippen molar-refractivity contribution in [2.75, 3.05) is 6.61 Å². The van der Waals surface area contributed by atoms with Crippen molar-refractivity contribution >= 4 is 0 Å². The van der Waals surface area contributed by atoms with Crippen LogP contribution in [-0.4, -0.2) is 22.9 Å². The average Bonchev–Trinajstić information content (AvgIpc) is 3.02. The molecule has 3 rings (SSSR count). The standard InChI is InChI=1S/C33H50O3/c1-5-6-7-11-20-33(3,4)27-17-19-30(32(22-27)36-24-26-13-9-8-10-14-26)31-23-28(35)18-16-25(2)29(31)15-12-21-34/h8-10,13-14,17,19,22,25,28-29,31,34-35H,5-7,11-12,15-16,18,20-21,23-24H2,1-4H3. The van der Waals surface area contributed by atoms with Crippen LogP contribution in [0, 0.1) is 11.8 Å². The predicted octanol–water partition coefficient (Wildman–Crippen LogP) is 8.17. The van der Waals surface area contributed by atoms with Gasteiger partial charge < -0.3 is 14.9 Å².